The molecule has 0 saturated heterocycles. The third kappa shape index (κ3) is 12.6. The second-order valence-corrected chi connectivity index (χ2v) is 7.94. The molecule has 1 N–H and O–H groups in total. The number of benzene rings is 1. The van der Waals surface area contributed by atoms with Crippen LogP contribution >= 0.6 is 0 Å². The van der Waals surface area contributed by atoms with Crippen molar-refractivity contribution in [1.82, 2.24) is 0 Å². The number of carbonyl (C=O) groups is 1. The molecule has 0 heterocycles. The lowest BCUT2D eigenvalue weighted by Crippen LogP contribution is -2.08. The monoisotopic (exact) mass is 407 g/mol. The Morgan fingerprint density at radius 1 is 0.828 bits per heavy atom. The molecule has 0 atom stereocenters. The average Bonchev–Trinajstić information content (AvgIpc) is 2.71. The lowest BCUT2D eigenvalue weighted by atomic mass is 10.0. The third-order valence-corrected chi connectivity index (χ3v) is 5.32. The quantitative estimate of drug-likeness (QED) is 0.198. The summed E-state index contributed by atoms with van der Waals surface area (Å²) in [6.07, 6.45) is 18.8. The number of halogens is 1. The highest BCUT2D eigenvalue weighted by Crippen LogP contribution is 2.16. The fourth-order valence-electron chi connectivity index (χ4n) is 3.55. The van der Waals surface area contributed by atoms with Crippen LogP contribution in [0.5, 0.6) is 0 Å². The van der Waals surface area contributed by atoms with Gasteiger partial charge in [-0.3, -0.25) is 0 Å². The summed E-state index contributed by atoms with van der Waals surface area (Å²) in [5.74, 6) is -1.14. The van der Waals surface area contributed by atoms with Crippen molar-refractivity contribution in [2.45, 2.75) is 104 Å². The van der Waals surface area contributed by atoms with E-state index in [4.69, 9.17) is 4.74 Å². The normalized spacial score (nSPS) is 10.9. The Hall–Kier alpha value is -1.58. The lowest BCUT2D eigenvalue weighted by Gasteiger charge is -2.09. The van der Waals surface area contributed by atoms with Gasteiger partial charge in [-0.05, 0) is 31.5 Å². The Labute approximate surface area is 177 Å². The van der Waals surface area contributed by atoms with Crippen molar-refractivity contribution in [2.24, 2.45) is 0 Å². The summed E-state index contributed by atoms with van der Waals surface area (Å²) in [6, 6.07) is 4.59. The van der Waals surface area contributed by atoms with Crippen molar-refractivity contribution >= 4 is 11.7 Å². The van der Waals surface area contributed by atoms with Crippen LogP contribution < -0.4 is 5.32 Å². The molecule has 0 spiro atoms. The third-order valence-electron chi connectivity index (χ3n) is 5.32. The molecule has 0 bridgehead atoms. The highest BCUT2D eigenvalue weighted by molar-refractivity contribution is 5.90. The predicted octanol–water partition coefficient (Wildman–Crippen LogP) is 7.90. The number of hydrogen-bond donors (Lipinski definition) is 1. The molecule has 3 nitrogen and oxygen atoms in total. The van der Waals surface area contributed by atoms with E-state index in [0.717, 1.165) is 13.0 Å². The van der Waals surface area contributed by atoms with E-state index < -0.39 is 11.8 Å². The molecule has 0 saturated carbocycles. The Kier molecular flexibility index (Phi) is 15.2. The van der Waals surface area contributed by atoms with Gasteiger partial charge in [0.1, 0.15) is 5.82 Å². The Bertz CT molecular complexity index is 548. The fraction of sp³-hybridized carbons (Fsp3) is 0.720. The van der Waals surface area contributed by atoms with Gasteiger partial charge >= 0.3 is 5.97 Å². The Morgan fingerprint density at radius 2 is 1.34 bits per heavy atom. The van der Waals surface area contributed by atoms with Crippen LogP contribution in [0.1, 0.15) is 114 Å². The van der Waals surface area contributed by atoms with Crippen molar-refractivity contribution < 1.29 is 13.9 Å². The molecule has 4 heteroatoms. The molecule has 0 amide bonds. The first-order valence-electron chi connectivity index (χ1n) is 11.9. The summed E-state index contributed by atoms with van der Waals surface area (Å²) in [5.41, 5.74) is 0.708. The SMILES string of the molecule is CCCCCCCCCCCCCCCCNc1ccc(C(=O)OCC)c(F)c1. The zero-order valence-electron chi connectivity index (χ0n) is 18.7. The molecule has 1 aromatic rings. The first-order chi connectivity index (χ1) is 14.2. The number of hydrogen-bond acceptors (Lipinski definition) is 3. The summed E-state index contributed by atoms with van der Waals surface area (Å²) in [6.45, 7) is 5.06. The summed E-state index contributed by atoms with van der Waals surface area (Å²) in [7, 11) is 0. The zero-order valence-corrected chi connectivity index (χ0v) is 18.7. The van der Waals surface area contributed by atoms with Crippen LogP contribution in [0.25, 0.3) is 0 Å². The van der Waals surface area contributed by atoms with Crippen LogP contribution in [0.15, 0.2) is 18.2 Å². The summed E-state index contributed by atoms with van der Waals surface area (Å²) in [5, 5.41) is 3.23. The molecule has 166 valence electrons. The average molecular weight is 408 g/mol. The molecule has 0 radical (unpaired) electrons. The van der Waals surface area contributed by atoms with Gasteiger partial charge in [0.25, 0.3) is 0 Å². The molecule has 0 unspecified atom stereocenters. The van der Waals surface area contributed by atoms with Crippen LogP contribution in [0.4, 0.5) is 10.1 Å². The summed E-state index contributed by atoms with van der Waals surface area (Å²) >= 11 is 0. The standard InChI is InChI=1S/C25H42FNO2/c1-3-5-6-7-8-9-10-11-12-13-14-15-16-17-20-27-22-18-19-23(24(26)21-22)25(28)29-4-2/h18-19,21,27H,3-17,20H2,1-2H3. The maximum absolute atomic E-state index is 14.0. The topological polar surface area (TPSA) is 38.3 Å². The van der Waals surface area contributed by atoms with Gasteiger partial charge in [-0.15, -0.1) is 0 Å². The van der Waals surface area contributed by atoms with Crippen LogP contribution in [-0.4, -0.2) is 19.1 Å². The number of nitrogens with one attached hydrogen (secondary N) is 1. The predicted molar refractivity (Wildman–Crippen MR) is 121 cm³/mol. The van der Waals surface area contributed by atoms with Crippen molar-refractivity contribution in [3.8, 4) is 0 Å². The van der Waals surface area contributed by atoms with E-state index in [0.29, 0.717) is 5.69 Å². The van der Waals surface area contributed by atoms with Crippen molar-refractivity contribution in [2.75, 3.05) is 18.5 Å². The Balaban J connectivity index is 1.96. The van der Waals surface area contributed by atoms with Gasteiger partial charge in [0.2, 0.25) is 0 Å². The molecule has 0 aliphatic rings. The van der Waals surface area contributed by atoms with Crippen molar-refractivity contribution in [3.63, 3.8) is 0 Å². The first-order valence-corrected chi connectivity index (χ1v) is 11.9. The van der Waals surface area contributed by atoms with Crippen LogP contribution in [-0.2, 0) is 4.74 Å². The summed E-state index contributed by atoms with van der Waals surface area (Å²) < 4.78 is 18.8. The van der Waals surface area contributed by atoms with E-state index in [-0.39, 0.29) is 12.2 Å². The summed E-state index contributed by atoms with van der Waals surface area (Å²) in [4.78, 5) is 11.6. The van der Waals surface area contributed by atoms with Gasteiger partial charge < -0.3 is 10.1 Å². The number of rotatable bonds is 18. The number of esters is 1. The van der Waals surface area contributed by atoms with Crippen LogP contribution in [0, 0.1) is 5.82 Å². The van der Waals surface area contributed by atoms with Crippen LogP contribution in [0.3, 0.4) is 0 Å². The second kappa shape index (κ2) is 17.3. The number of ether oxygens (including phenoxy) is 1. The van der Waals surface area contributed by atoms with E-state index in [1.165, 1.54) is 95.6 Å². The first kappa shape index (κ1) is 25.5. The molecule has 1 rings (SSSR count). The van der Waals surface area contributed by atoms with E-state index >= 15 is 0 Å². The van der Waals surface area contributed by atoms with Gasteiger partial charge in [0, 0.05) is 12.2 Å². The van der Waals surface area contributed by atoms with E-state index in [2.05, 4.69) is 12.2 Å². The van der Waals surface area contributed by atoms with Crippen molar-refractivity contribution in [1.29, 1.82) is 0 Å². The lowest BCUT2D eigenvalue weighted by molar-refractivity contribution is 0.0521. The van der Waals surface area contributed by atoms with E-state index in [9.17, 15) is 9.18 Å². The van der Waals surface area contributed by atoms with E-state index in [1.807, 2.05) is 0 Å². The van der Waals surface area contributed by atoms with Gasteiger partial charge in [-0.25, -0.2) is 9.18 Å². The minimum atomic E-state index is -0.608. The highest BCUT2D eigenvalue weighted by atomic mass is 19.1. The molecule has 0 aromatic heterocycles. The molecule has 29 heavy (non-hydrogen) atoms. The molecular formula is C25H42FNO2. The number of carbonyl (C=O) groups excluding carboxylic acids is 1. The molecule has 1 aromatic carbocycles. The molecule has 0 aliphatic carbocycles. The minimum absolute atomic E-state index is 0.00565. The highest BCUT2D eigenvalue weighted by Gasteiger charge is 2.12. The second-order valence-electron chi connectivity index (χ2n) is 7.94. The van der Waals surface area contributed by atoms with Crippen LogP contribution in [0.2, 0.25) is 0 Å². The molecule has 0 fully saturated rings. The molecular weight excluding hydrogens is 365 g/mol. The van der Waals surface area contributed by atoms with Gasteiger partial charge in [-0.2, -0.15) is 0 Å². The zero-order chi connectivity index (χ0) is 21.2. The smallest absolute Gasteiger partial charge is 0.341 e. The van der Waals surface area contributed by atoms with Gasteiger partial charge in [0.05, 0.1) is 12.2 Å². The van der Waals surface area contributed by atoms with Crippen molar-refractivity contribution in [3.05, 3.63) is 29.6 Å². The largest absolute Gasteiger partial charge is 0.462 e. The van der Waals surface area contributed by atoms with Gasteiger partial charge in [0.15, 0.2) is 0 Å². The van der Waals surface area contributed by atoms with Gasteiger partial charge in [-0.1, -0.05) is 90.4 Å². The molecule has 0 aliphatic heterocycles. The maximum Gasteiger partial charge on any atom is 0.341 e. The Morgan fingerprint density at radius 3 is 1.83 bits per heavy atom. The number of anilines is 1. The van der Waals surface area contributed by atoms with E-state index in [1.54, 1.807) is 13.0 Å². The minimum Gasteiger partial charge on any atom is -0.462 e. The fourth-order valence-corrected chi connectivity index (χ4v) is 3.55. The maximum atomic E-state index is 14.0. The number of unbranched alkanes of at least 4 members (excludes halogenated alkanes) is 13.